The Labute approximate surface area is 206 Å². The molecule has 5 heteroatoms. The molecule has 0 aliphatic rings. The molecule has 3 aromatic rings. The standard InChI is InChI=1S/C30H29NO4/c1-5-34-30(32)27(19-25-17-12-18-28(33-4)29(25)35-21-22(2)3)31-20-26(23-13-8-6-9-14-23)24-15-10-7-11-16-24/h6-19H,2,5,21H2,1,3-4H3/b27-19-. The van der Waals surface area contributed by atoms with E-state index in [0.717, 1.165) is 22.3 Å². The van der Waals surface area contributed by atoms with Gasteiger partial charge in [-0.3, -0.25) is 0 Å². The predicted molar refractivity (Wildman–Crippen MR) is 141 cm³/mol. The Kier molecular flexibility index (Phi) is 9.23. The zero-order chi connectivity index (χ0) is 25.0. The molecule has 0 heterocycles. The zero-order valence-corrected chi connectivity index (χ0v) is 20.3. The van der Waals surface area contributed by atoms with Crippen LogP contribution in [0.5, 0.6) is 11.5 Å². The Morgan fingerprint density at radius 1 is 0.971 bits per heavy atom. The zero-order valence-electron chi connectivity index (χ0n) is 20.3. The van der Waals surface area contributed by atoms with Crippen LogP contribution in [0.15, 0.2) is 102 Å². The topological polar surface area (TPSA) is 57.1 Å². The maximum Gasteiger partial charge on any atom is 0.357 e. The lowest BCUT2D eigenvalue weighted by Crippen LogP contribution is -2.07. The Morgan fingerprint density at radius 3 is 2.14 bits per heavy atom. The van der Waals surface area contributed by atoms with Gasteiger partial charge in [0, 0.05) is 5.56 Å². The van der Waals surface area contributed by atoms with Crippen molar-refractivity contribution in [2.75, 3.05) is 20.3 Å². The van der Waals surface area contributed by atoms with Gasteiger partial charge in [-0.2, -0.15) is 4.99 Å². The first-order chi connectivity index (χ1) is 17.0. The molecule has 0 spiro atoms. The Morgan fingerprint density at radius 2 is 1.60 bits per heavy atom. The first kappa shape index (κ1) is 25.3. The average Bonchev–Trinajstić information content (AvgIpc) is 2.88. The molecule has 3 aromatic carbocycles. The van der Waals surface area contributed by atoms with E-state index in [9.17, 15) is 4.79 Å². The summed E-state index contributed by atoms with van der Waals surface area (Å²) in [5, 5.41) is 0. The number of benzene rings is 3. The largest absolute Gasteiger partial charge is 0.493 e. The molecule has 0 aliphatic heterocycles. The van der Waals surface area contributed by atoms with E-state index in [1.165, 1.54) is 0 Å². The highest BCUT2D eigenvalue weighted by Gasteiger charge is 2.15. The van der Waals surface area contributed by atoms with E-state index >= 15 is 0 Å². The quantitative estimate of drug-likeness (QED) is 0.151. The summed E-state index contributed by atoms with van der Waals surface area (Å²) in [4.78, 5) is 17.3. The van der Waals surface area contributed by atoms with E-state index in [0.29, 0.717) is 23.7 Å². The summed E-state index contributed by atoms with van der Waals surface area (Å²) in [7, 11) is 1.57. The first-order valence-corrected chi connectivity index (χ1v) is 11.3. The summed E-state index contributed by atoms with van der Waals surface area (Å²) in [5.74, 6) is 3.57. The van der Waals surface area contributed by atoms with Crippen molar-refractivity contribution in [1.29, 1.82) is 0 Å². The van der Waals surface area contributed by atoms with Crippen molar-refractivity contribution < 1.29 is 19.0 Å². The number of rotatable bonds is 10. The molecule has 0 saturated carbocycles. The van der Waals surface area contributed by atoms with Gasteiger partial charge in [0.15, 0.2) is 17.2 Å². The van der Waals surface area contributed by atoms with Crippen molar-refractivity contribution in [3.05, 3.63) is 113 Å². The summed E-state index contributed by atoms with van der Waals surface area (Å²) >= 11 is 0. The molecule has 0 saturated heterocycles. The summed E-state index contributed by atoms with van der Waals surface area (Å²) < 4.78 is 16.7. The van der Waals surface area contributed by atoms with Gasteiger partial charge in [0.2, 0.25) is 0 Å². The van der Waals surface area contributed by atoms with Gasteiger partial charge in [-0.25, -0.2) is 4.79 Å². The van der Waals surface area contributed by atoms with Crippen molar-refractivity contribution >= 4 is 23.5 Å². The minimum atomic E-state index is -0.561. The van der Waals surface area contributed by atoms with Crippen LogP contribution in [0.2, 0.25) is 0 Å². The highest BCUT2D eigenvalue weighted by atomic mass is 16.5. The molecule has 0 N–H and O–H groups in total. The van der Waals surface area contributed by atoms with Gasteiger partial charge in [0.05, 0.1) is 19.3 Å². The van der Waals surface area contributed by atoms with E-state index in [-0.39, 0.29) is 12.3 Å². The van der Waals surface area contributed by atoms with Crippen LogP contribution in [0.25, 0.3) is 11.6 Å². The second kappa shape index (κ2) is 12.8. The van der Waals surface area contributed by atoms with E-state index in [4.69, 9.17) is 14.2 Å². The third-order valence-corrected chi connectivity index (χ3v) is 4.88. The molecule has 35 heavy (non-hydrogen) atoms. The molecular formula is C30H29NO4. The number of para-hydroxylation sites is 1. The van der Waals surface area contributed by atoms with Crippen molar-refractivity contribution in [3.63, 3.8) is 0 Å². The minimum Gasteiger partial charge on any atom is -0.493 e. The van der Waals surface area contributed by atoms with E-state index in [1.807, 2.05) is 79.7 Å². The van der Waals surface area contributed by atoms with Gasteiger partial charge in [0.1, 0.15) is 6.61 Å². The van der Waals surface area contributed by atoms with Gasteiger partial charge >= 0.3 is 5.97 Å². The normalized spacial score (nSPS) is 10.7. The molecule has 0 unspecified atom stereocenters. The van der Waals surface area contributed by atoms with Crippen molar-refractivity contribution in [2.45, 2.75) is 13.8 Å². The second-order valence-corrected chi connectivity index (χ2v) is 7.71. The predicted octanol–water partition coefficient (Wildman–Crippen LogP) is 6.36. The SMILES string of the molecule is C=C(C)COc1c(/C=C(\N=C=C(c2ccccc2)c2ccccc2)C(=O)OCC)cccc1OC. The van der Waals surface area contributed by atoms with E-state index < -0.39 is 5.97 Å². The summed E-state index contributed by atoms with van der Waals surface area (Å²) in [6.07, 6.45) is 1.62. The van der Waals surface area contributed by atoms with Gasteiger partial charge < -0.3 is 14.2 Å². The Balaban J connectivity index is 2.18. The minimum absolute atomic E-state index is 0.0876. The van der Waals surface area contributed by atoms with Crippen LogP contribution in [-0.2, 0) is 9.53 Å². The fraction of sp³-hybridized carbons (Fsp3) is 0.167. The van der Waals surface area contributed by atoms with Gasteiger partial charge in [-0.05, 0) is 48.6 Å². The van der Waals surface area contributed by atoms with Crippen LogP contribution in [0.3, 0.4) is 0 Å². The number of esters is 1. The van der Waals surface area contributed by atoms with Crippen LogP contribution in [0.4, 0.5) is 0 Å². The summed E-state index contributed by atoms with van der Waals surface area (Å²) in [6.45, 7) is 8.04. The van der Waals surface area contributed by atoms with Gasteiger partial charge in [-0.1, -0.05) is 79.4 Å². The van der Waals surface area contributed by atoms with Crippen LogP contribution >= 0.6 is 0 Å². The highest BCUT2D eigenvalue weighted by molar-refractivity contribution is 6.02. The third kappa shape index (κ3) is 7.07. The van der Waals surface area contributed by atoms with Crippen LogP contribution in [0, 0.1) is 0 Å². The molecule has 0 fully saturated rings. The fourth-order valence-corrected chi connectivity index (χ4v) is 3.27. The monoisotopic (exact) mass is 467 g/mol. The molecule has 0 bridgehead atoms. The lowest BCUT2D eigenvalue weighted by molar-refractivity contribution is -0.138. The van der Waals surface area contributed by atoms with Crippen LogP contribution < -0.4 is 9.47 Å². The van der Waals surface area contributed by atoms with Crippen molar-refractivity contribution in [3.8, 4) is 11.5 Å². The molecule has 3 rings (SSSR count). The highest BCUT2D eigenvalue weighted by Crippen LogP contribution is 2.33. The number of methoxy groups -OCH3 is 1. The van der Waals surface area contributed by atoms with Crippen LogP contribution in [-0.4, -0.2) is 32.2 Å². The lowest BCUT2D eigenvalue weighted by Gasteiger charge is -2.13. The third-order valence-electron chi connectivity index (χ3n) is 4.88. The number of carbonyl (C=O) groups excluding carboxylic acids is 1. The Bertz CT molecular complexity index is 1210. The summed E-state index contributed by atoms with van der Waals surface area (Å²) in [6, 6.07) is 25.0. The Hall–Kier alpha value is -4.34. The lowest BCUT2D eigenvalue weighted by atomic mass is 9.99. The van der Waals surface area contributed by atoms with Crippen molar-refractivity contribution in [2.24, 2.45) is 4.99 Å². The average molecular weight is 468 g/mol. The maximum atomic E-state index is 12.8. The molecular weight excluding hydrogens is 438 g/mol. The molecule has 178 valence electrons. The molecule has 5 nitrogen and oxygen atoms in total. The number of hydrogen-bond acceptors (Lipinski definition) is 5. The van der Waals surface area contributed by atoms with E-state index in [2.05, 4.69) is 17.4 Å². The van der Waals surface area contributed by atoms with E-state index in [1.54, 1.807) is 26.2 Å². The molecule has 0 aliphatic carbocycles. The smallest absolute Gasteiger partial charge is 0.357 e. The van der Waals surface area contributed by atoms with Crippen molar-refractivity contribution in [1.82, 2.24) is 0 Å². The van der Waals surface area contributed by atoms with Gasteiger partial charge in [-0.15, -0.1) is 0 Å². The maximum absolute atomic E-state index is 12.8. The number of nitrogens with zero attached hydrogens (tertiary/aromatic N) is 1. The number of ether oxygens (including phenoxy) is 3. The van der Waals surface area contributed by atoms with Gasteiger partial charge in [0.25, 0.3) is 0 Å². The molecule has 0 radical (unpaired) electrons. The summed E-state index contributed by atoms with van der Waals surface area (Å²) in [5.41, 5.74) is 4.18. The molecule has 0 aromatic heterocycles. The molecule has 0 atom stereocenters. The first-order valence-electron chi connectivity index (χ1n) is 11.3. The fourth-order valence-electron chi connectivity index (χ4n) is 3.27. The number of carbonyl (C=O) groups is 1. The second-order valence-electron chi connectivity index (χ2n) is 7.71. The number of aliphatic imine (C=N–C) groups is 1. The number of hydrogen-bond donors (Lipinski definition) is 0. The van der Waals surface area contributed by atoms with Crippen LogP contribution in [0.1, 0.15) is 30.5 Å². The molecule has 0 amide bonds.